The first-order valence-corrected chi connectivity index (χ1v) is 5.87. The number of unbranched alkanes of at least 4 members (excludes halogenated alkanes) is 2. The molecule has 1 aromatic rings. The van der Waals surface area contributed by atoms with Gasteiger partial charge >= 0.3 is 0 Å². The minimum absolute atomic E-state index is 0.00833. The van der Waals surface area contributed by atoms with Crippen LogP contribution in [0.25, 0.3) is 0 Å². The lowest BCUT2D eigenvalue weighted by Gasteiger charge is -2.17. The van der Waals surface area contributed by atoms with Crippen LogP contribution in [0.2, 0.25) is 0 Å². The molecule has 0 aliphatic carbocycles. The lowest BCUT2D eigenvalue weighted by atomic mass is 10.1. The maximum atomic E-state index is 12.0. The van der Waals surface area contributed by atoms with Crippen molar-refractivity contribution >= 4 is 11.6 Å². The normalized spacial score (nSPS) is 10.2. The molecule has 0 atom stereocenters. The molecule has 0 saturated carbocycles. The number of nitrogens with two attached hydrogens (primary N) is 1. The van der Waals surface area contributed by atoms with E-state index in [1.807, 2.05) is 0 Å². The Hall–Kier alpha value is -1.55. The maximum absolute atomic E-state index is 12.0. The van der Waals surface area contributed by atoms with Crippen LogP contribution in [0, 0.1) is 0 Å². The van der Waals surface area contributed by atoms with Crippen LogP contribution >= 0.6 is 0 Å². The van der Waals surface area contributed by atoms with Crippen molar-refractivity contribution in [2.45, 2.75) is 19.3 Å². The Balaban J connectivity index is 2.43. The summed E-state index contributed by atoms with van der Waals surface area (Å²) in [5, 5.41) is 8.65. The Morgan fingerprint density at radius 1 is 1.24 bits per heavy atom. The molecule has 1 aromatic carbocycles. The molecular formula is C13H20N2O2. The van der Waals surface area contributed by atoms with Gasteiger partial charge in [0.25, 0.3) is 5.91 Å². The van der Waals surface area contributed by atoms with Crippen LogP contribution in [-0.2, 0) is 0 Å². The Kier molecular flexibility index (Phi) is 5.49. The van der Waals surface area contributed by atoms with Gasteiger partial charge in [0.05, 0.1) is 0 Å². The Bertz CT molecular complexity index is 349. The van der Waals surface area contributed by atoms with Gasteiger partial charge in [0.15, 0.2) is 0 Å². The number of carbonyl (C=O) groups excluding carboxylic acids is 1. The summed E-state index contributed by atoms with van der Waals surface area (Å²) in [5.41, 5.74) is 6.88. The zero-order valence-corrected chi connectivity index (χ0v) is 10.2. The summed E-state index contributed by atoms with van der Waals surface area (Å²) in [6.45, 7) is 0.929. The molecule has 0 aromatic heterocycles. The van der Waals surface area contributed by atoms with Gasteiger partial charge in [-0.2, -0.15) is 0 Å². The highest BCUT2D eigenvalue weighted by molar-refractivity contribution is 5.94. The molecule has 1 amide bonds. The highest BCUT2D eigenvalue weighted by Crippen LogP contribution is 2.08. The molecule has 94 valence electrons. The topological polar surface area (TPSA) is 66.6 Å². The van der Waals surface area contributed by atoms with Crippen molar-refractivity contribution in [2.24, 2.45) is 0 Å². The van der Waals surface area contributed by atoms with Crippen molar-refractivity contribution in [3.63, 3.8) is 0 Å². The predicted octanol–water partition coefficient (Wildman–Crippen LogP) is 1.50. The van der Waals surface area contributed by atoms with Gasteiger partial charge in [0.1, 0.15) is 0 Å². The standard InChI is InChI=1S/C13H20N2O2/c1-15(9-3-2-4-10-16)13(17)11-5-7-12(14)8-6-11/h5-8,16H,2-4,9-10,14H2,1H3. The predicted molar refractivity (Wildman–Crippen MR) is 68.8 cm³/mol. The monoisotopic (exact) mass is 236 g/mol. The largest absolute Gasteiger partial charge is 0.399 e. The van der Waals surface area contributed by atoms with E-state index in [1.54, 1.807) is 36.2 Å². The van der Waals surface area contributed by atoms with Gasteiger partial charge in [-0.15, -0.1) is 0 Å². The van der Waals surface area contributed by atoms with Crippen molar-refractivity contribution in [1.82, 2.24) is 4.90 Å². The van der Waals surface area contributed by atoms with E-state index >= 15 is 0 Å². The van der Waals surface area contributed by atoms with Crippen LogP contribution in [0.1, 0.15) is 29.6 Å². The van der Waals surface area contributed by atoms with Gasteiger partial charge < -0.3 is 15.7 Å². The summed E-state index contributed by atoms with van der Waals surface area (Å²) >= 11 is 0. The Labute approximate surface area is 102 Å². The van der Waals surface area contributed by atoms with Gasteiger partial charge in [-0.3, -0.25) is 4.79 Å². The quantitative estimate of drug-likeness (QED) is 0.581. The molecule has 0 fully saturated rings. The van der Waals surface area contributed by atoms with Crippen LogP contribution in [0.4, 0.5) is 5.69 Å². The summed E-state index contributed by atoms with van der Waals surface area (Å²) < 4.78 is 0. The fraction of sp³-hybridized carbons (Fsp3) is 0.462. The Morgan fingerprint density at radius 2 is 1.88 bits per heavy atom. The molecule has 0 unspecified atom stereocenters. The third-order valence-corrected chi connectivity index (χ3v) is 2.66. The smallest absolute Gasteiger partial charge is 0.253 e. The van der Waals surface area contributed by atoms with Gasteiger partial charge in [-0.05, 0) is 43.5 Å². The highest BCUT2D eigenvalue weighted by Gasteiger charge is 2.10. The molecule has 0 aliphatic heterocycles. The van der Waals surface area contributed by atoms with Gasteiger partial charge in [-0.25, -0.2) is 0 Å². The molecule has 0 radical (unpaired) electrons. The van der Waals surface area contributed by atoms with Crippen LogP contribution < -0.4 is 5.73 Å². The van der Waals surface area contributed by atoms with Crippen LogP contribution in [0.5, 0.6) is 0 Å². The third-order valence-electron chi connectivity index (χ3n) is 2.66. The fourth-order valence-corrected chi connectivity index (χ4v) is 1.59. The van der Waals surface area contributed by atoms with E-state index in [4.69, 9.17) is 10.8 Å². The van der Waals surface area contributed by atoms with Crippen molar-refractivity contribution in [3.8, 4) is 0 Å². The van der Waals surface area contributed by atoms with E-state index in [2.05, 4.69) is 0 Å². The van der Waals surface area contributed by atoms with E-state index < -0.39 is 0 Å². The van der Waals surface area contributed by atoms with Crippen molar-refractivity contribution in [1.29, 1.82) is 0 Å². The third kappa shape index (κ3) is 4.44. The van der Waals surface area contributed by atoms with Crippen molar-refractivity contribution in [2.75, 3.05) is 25.9 Å². The summed E-state index contributed by atoms with van der Waals surface area (Å²) in [4.78, 5) is 13.7. The van der Waals surface area contributed by atoms with E-state index in [0.717, 1.165) is 19.3 Å². The first-order chi connectivity index (χ1) is 8.15. The van der Waals surface area contributed by atoms with E-state index in [9.17, 15) is 4.79 Å². The summed E-state index contributed by atoms with van der Waals surface area (Å²) in [7, 11) is 1.79. The lowest BCUT2D eigenvalue weighted by Crippen LogP contribution is -2.27. The molecule has 4 heteroatoms. The molecule has 0 heterocycles. The zero-order valence-electron chi connectivity index (χ0n) is 10.2. The number of hydrogen-bond acceptors (Lipinski definition) is 3. The number of nitrogen functional groups attached to an aromatic ring is 1. The molecule has 1 rings (SSSR count). The molecule has 17 heavy (non-hydrogen) atoms. The van der Waals surface area contributed by atoms with Gasteiger partial charge in [0.2, 0.25) is 0 Å². The molecule has 3 N–H and O–H groups in total. The number of anilines is 1. The van der Waals surface area contributed by atoms with E-state index in [0.29, 0.717) is 17.8 Å². The first kappa shape index (κ1) is 13.5. The summed E-state index contributed by atoms with van der Waals surface area (Å²) in [5.74, 6) is 0.00833. The first-order valence-electron chi connectivity index (χ1n) is 5.87. The molecule has 0 saturated heterocycles. The van der Waals surface area contributed by atoms with Crippen LogP contribution in [0.15, 0.2) is 24.3 Å². The van der Waals surface area contributed by atoms with Crippen molar-refractivity contribution < 1.29 is 9.90 Å². The highest BCUT2D eigenvalue weighted by atomic mass is 16.2. The average molecular weight is 236 g/mol. The minimum Gasteiger partial charge on any atom is -0.399 e. The Morgan fingerprint density at radius 3 is 2.47 bits per heavy atom. The second-order valence-corrected chi connectivity index (χ2v) is 4.13. The zero-order chi connectivity index (χ0) is 12.7. The van der Waals surface area contributed by atoms with Crippen molar-refractivity contribution in [3.05, 3.63) is 29.8 Å². The SMILES string of the molecule is CN(CCCCCO)C(=O)c1ccc(N)cc1. The number of benzene rings is 1. The van der Waals surface area contributed by atoms with Gasteiger partial charge in [-0.1, -0.05) is 0 Å². The molecule has 4 nitrogen and oxygen atoms in total. The number of aliphatic hydroxyl groups excluding tert-OH is 1. The number of aliphatic hydroxyl groups is 1. The maximum Gasteiger partial charge on any atom is 0.253 e. The second kappa shape index (κ2) is 6.91. The minimum atomic E-state index is 0.00833. The number of carbonyl (C=O) groups is 1. The molecule has 0 bridgehead atoms. The second-order valence-electron chi connectivity index (χ2n) is 4.13. The number of rotatable bonds is 6. The number of hydrogen-bond donors (Lipinski definition) is 2. The number of nitrogens with zero attached hydrogens (tertiary/aromatic N) is 1. The van der Waals surface area contributed by atoms with Crippen LogP contribution in [0.3, 0.4) is 0 Å². The summed E-state index contributed by atoms with van der Waals surface area (Å²) in [6, 6.07) is 6.93. The van der Waals surface area contributed by atoms with Gasteiger partial charge in [0, 0.05) is 31.5 Å². The van der Waals surface area contributed by atoms with Crippen LogP contribution in [-0.4, -0.2) is 36.1 Å². The molecule has 0 spiro atoms. The average Bonchev–Trinajstić information content (AvgIpc) is 2.34. The molecule has 0 aliphatic rings. The number of amides is 1. The fourth-order valence-electron chi connectivity index (χ4n) is 1.59. The van der Waals surface area contributed by atoms with E-state index in [1.165, 1.54) is 0 Å². The molecular weight excluding hydrogens is 216 g/mol. The summed E-state index contributed by atoms with van der Waals surface area (Å²) in [6.07, 6.45) is 2.65. The lowest BCUT2D eigenvalue weighted by molar-refractivity contribution is 0.0792. The van der Waals surface area contributed by atoms with E-state index in [-0.39, 0.29) is 12.5 Å².